The van der Waals surface area contributed by atoms with Crippen molar-refractivity contribution in [2.75, 3.05) is 39.8 Å². The van der Waals surface area contributed by atoms with Crippen molar-refractivity contribution in [1.82, 2.24) is 15.1 Å². The number of amides is 2. The van der Waals surface area contributed by atoms with Crippen LogP contribution in [0.2, 0.25) is 0 Å². The lowest BCUT2D eigenvalue weighted by Gasteiger charge is -2.37. The van der Waals surface area contributed by atoms with Crippen LogP contribution in [0, 0.1) is 0 Å². The van der Waals surface area contributed by atoms with E-state index in [4.69, 9.17) is 4.74 Å². The van der Waals surface area contributed by atoms with Crippen molar-refractivity contribution in [3.63, 3.8) is 0 Å². The smallest absolute Gasteiger partial charge is 0.237 e. The highest BCUT2D eigenvalue weighted by atomic mass is 16.5. The van der Waals surface area contributed by atoms with Crippen molar-refractivity contribution < 1.29 is 14.3 Å². The van der Waals surface area contributed by atoms with Crippen LogP contribution >= 0.6 is 0 Å². The molecule has 1 N–H and O–H groups in total. The Kier molecular flexibility index (Phi) is 7.79. The number of piperidine rings is 1. The van der Waals surface area contributed by atoms with Crippen molar-refractivity contribution in [3.8, 4) is 5.75 Å². The first-order valence-corrected chi connectivity index (χ1v) is 11.8. The van der Waals surface area contributed by atoms with Gasteiger partial charge in [-0.3, -0.25) is 14.5 Å². The average Bonchev–Trinajstić information content (AvgIpc) is 2.87. The monoisotopic (exact) mass is 447 g/mol. The van der Waals surface area contributed by atoms with Crippen molar-refractivity contribution in [1.29, 1.82) is 0 Å². The Bertz CT molecular complexity index is 968. The average molecular weight is 448 g/mol. The van der Waals surface area contributed by atoms with E-state index < -0.39 is 6.04 Å². The van der Waals surface area contributed by atoms with Gasteiger partial charge in [-0.1, -0.05) is 60.7 Å². The van der Waals surface area contributed by atoms with Gasteiger partial charge in [-0.25, -0.2) is 0 Å². The number of hydrogen-bond acceptors (Lipinski definition) is 4. The fourth-order valence-electron chi connectivity index (χ4n) is 4.80. The second kappa shape index (κ2) is 11.1. The number of carbonyl (C=O) groups is 2. The number of benzene rings is 2. The molecule has 0 spiro atoms. The first kappa shape index (κ1) is 23.1. The molecular formula is C27H33N3O3. The molecule has 2 aromatic carbocycles. The molecule has 2 heterocycles. The molecule has 0 saturated carbocycles. The minimum Gasteiger partial charge on any atom is -0.496 e. The number of carbonyl (C=O) groups excluding carboxylic acids is 2. The van der Waals surface area contributed by atoms with Gasteiger partial charge >= 0.3 is 0 Å². The van der Waals surface area contributed by atoms with Gasteiger partial charge in [0.2, 0.25) is 11.8 Å². The molecule has 174 valence electrons. The number of rotatable bonds is 7. The van der Waals surface area contributed by atoms with Gasteiger partial charge in [-0.2, -0.15) is 0 Å². The molecule has 4 rings (SSSR count). The maximum absolute atomic E-state index is 13.1. The van der Waals surface area contributed by atoms with Crippen molar-refractivity contribution in [2.45, 2.75) is 31.2 Å². The Balaban J connectivity index is 1.33. The maximum atomic E-state index is 13.1. The molecule has 2 fully saturated rings. The number of likely N-dealkylation sites (tertiary alicyclic amines) is 1. The van der Waals surface area contributed by atoms with E-state index in [1.807, 2.05) is 47.4 Å². The molecule has 2 aliphatic heterocycles. The molecule has 2 amide bonds. The summed E-state index contributed by atoms with van der Waals surface area (Å²) >= 11 is 0. The minimum absolute atomic E-state index is 0.0561. The van der Waals surface area contributed by atoms with Gasteiger partial charge in [0.05, 0.1) is 19.6 Å². The molecule has 2 saturated heterocycles. The second-order valence-corrected chi connectivity index (χ2v) is 8.72. The van der Waals surface area contributed by atoms with E-state index in [1.165, 1.54) is 5.56 Å². The van der Waals surface area contributed by atoms with Crippen molar-refractivity contribution >= 4 is 17.9 Å². The summed E-state index contributed by atoms with van der Waals surface area (Å²) in [7, 11) is 1.66. The third-order valence-corrected chi connectivity index (χ3v) is 6.70. The van der Waals surface area contributed by atoms with Crippen LogP contribution in [-0.2, 0) is 9.59 Å². The summed E-state index contributed by atoms with van der Waals surface area (Å²) in [6, 6.07) is 17.9. The zero-order chi connectivity index (χ0) is 23.0. The first-order valence-electron chi connectivity index (χ1n) is 11.8. The first-order chi connectivity index (χ1) is 16.2. The van der Waals surface area contributed by atoms with Gasteiger partial charge in [0.25, 0.3) is 0 Å². The molecule has 1 atom stereocenters. The van der Waals surface area contributed by atoms with Gasteiger partial charge in [-0.15, -0.1) is 0 Å². The molecule has 33 heavy (non-hydrogen) atoms. The van der Waals surface area contributed by atoms with Crippen molar-refractivity contribution in [3.05, 3.63) is 71.8 Å². The SMILES string of the molecule is COc1ccccc1/C=C/CN1CCNC(=O)C1CC(=O)N1CCC(c2ccccc2)CC1. The minimum atomic E-state index is -0.430. The molecule has 0 aliphatic carbocycles. The molecule has 2 aliphatic rings. The van der Waals surface area contributed by atoms with Crippen LogP contribution in [0.15, 0.2) is 60.7 Å². The third kappa shape index (κ3) is 5.82. The number of para-hydroxylation sites is 1. The van der Waals surface area contributed by atoms with E-state index in [-0.39, 0.29) is 18.2 Å². The second-order valence-electron chi connectivity index (χ2n) is 8.72. The van der Waals surface area contributed by atoms with E-state index in [0.717, 1.165) is 43.8 Å². The quantitative estimate of drug-likeness (QED) is 0.708. The predicted molar refractivity (Wildman–Crippen MR) is 130 cm³/mol. The lowest BCUT2D eigenvalue weighted by Crippen LogP contribution is -2.56. The zero-order valence-electron chi connectivity index (χ0n) is 19.3. The normalized spacial score (nSPS) is 20.1. The maximum Gasteiger partial charge on any atom is 0.237 e. The molecule has 0 radical (unpaired) electrons. The lowest BCUT2D eigenvalue weighted by molar-refractivity contribution is -0.139. The fourth-order valence-corrected chi connectivity index (χ4v) is 4.80. The number of nitrogens with zero attached hydrogens (tertiary/aromatic N) is 2. The summed E-state index contributed by atoms with van der Waals surface area (Å²) in [5.41, 5.74) is 2.35. The van der Waals surface area contributed by atoms with Gasteiger partial charge in [0.15, 0.2) is 0 Å². The van der Waals surface area contributed by atoms with Gasteiger partial charge in [0, 0.05) is 38.3 Å². The van der Waals surface area contributed by atoms with Crippen LogP contribution in [0.25, 0.3) is 6.08 Å². The van der Waals surface area contributed by atoms with Gasteiger partial charge in [-0.05, 0) is 30.4 Å². The summed E-state index contributed by atoms with van der Waals surface area (Å²) in [5, 5.41) is 2.93. The fraction of sp³-hybridized carbons (Fsp3) is 0.407. The topological polar surface area (TPSA) is 61.9 Å². The van der Waals surface area contributed by atoms with Gasteiger partial charge in [0.1, 0.15) is 5.75 Å². The van der Waals surface area contributed by atoms with Crippen LogP contribution in [0.5, 0.6) is 5.75 Å². The molecule has 6 heteroatoms. The van der Waals surface area contributed by atoms with E-state index in [0.29, 0.717) is 19.0 Å². The van der Waals surface area contributed by atoms with Crippen LogP contribution in [0.1, 0.15) is 36.3 Å². The van der Waals surface area contributed by atoms with Crippen molar-refractivity contribution in [2.24, 2.45) is 0 Å². The summed E-state index contributed by atoms with van der Waals surface area (Å²) in [6.45, 7) is 3.45. The Morgan fingerprint density at radius 1 is 1.06 bits per heavy atom. The Morgan fingerprint density at radius 2 is 1.79 bits per heavy atom. The summed E-state index contributed by atoms with van der Waals surface area (Å²) < 4.78 is 5.40. The van der Waals surface area contributed by atoms with Crippen LogP contribution in [-0.4, -0.2) is 67.5 Å². The number of methoxy groups -OCH3 is 1. The Hall–Kier alpha value is -3.12. The van der Waals surface area contributed by atoms with Crippen LogP contribution < -0.4 is 10.1 Å². The number of nitrogens with one attached hydrogen (secondary N) is 1. The Morgan fingerprint density at radius 3 is 2.55 bits per heavy atom. The predicted octanol–water partition coefficient (Wildman–Crippen LogP) is 3.31. The van der Waals surface area contributed by atoms with Gasteiger partial charge < -0.3 is 15.0 Å². The number of piperazine rings is 1. The van der Waals surface area contributed by atoms with Crippen LogP contribution in [0.3, 0.4) is 0 Å². The largest absolute Gasteiger partial charge is 0.496 e. The van der Waals surface area contributed by atoms with E-state index in [2.05, 4.69) is 34.5 Å². The molecule has 1 unspecified atom stereocenters. The highest BCUT2D eigenvalue weighted by molar-refractivity contribution is 5.89. The Labute approximate surface area is 196 Å². The molecule has 0 bridgehead atoms. The van der Waals surface area contributed by atoms with Crippen LogP contribution in [0.4, 0.5) is 0 Å². The standard InChI is InChI=1S/C27H33N3O3/c1-33-25-12-6-5-10-23(25)11-7-16-29-19-15-28-27(32)24(29)20-26(31)30-17-13-22(14-18-30)21-8-3-2-4-9-21/h2-12,22,24H,13-20H2,1H3,(H,28,32)/b11-7+. The highest BCUT2D eigenvalue weighted by Crippen LogP contribution is 2.28. The molecule has 0 aromatic heterocycles. The summed E-state index contributed by atoms with van der Waals surface area (Å²) in [5.74, 6) is 1.34. The molecule has 6 nitrogen and oxygen atoms in total. The summed E-state index contributed by atoms with van der Waals surface area (Å²) in [6.07, 6.45) is 6.22. The lowest BCUT2D eigenvalue weighted by atomic mass is 9.89. The van der Waals surface area contributed by atoms with E-state index >= 15 is 0 Å². The highest BCUT2D eigenvalue weighted by Gasteiger charge is 2.33. The van der Waals surface area contributed by atoms with E-state index in [1.54, 1.807) is 7.11 Å². The van der Waals surface area contributed by atoms with E-state index in [9.17, 15) is 9.59 Å². The summed E-state index contributed by atoms with van der Waals surface area (Å²) in [4.78, 5) is 29.7. The third-order valence-electron chi connectivity index (χ3n) is 6.70. The number of ether oxygens (including phenoxy) is 1. The molecular weight excluding hydrogens is 414 g/mol. The number of hydrogen-bond donors (Lipinski definition) is 1. The zero-order valence-corrected chi connectivity index (χ0v) is 19.3. The molecule has 2 aromatic rings.